The summed E-state index contributed by atoms with van der Waals surface area (Å²) in [6.07, 6.45) is 1.58. The van der Waals surface area contributed by atoms with Crippen molar-refractivity contribution in [2.24, 2.45) is 0 Å². The Morgan fingerprint density at radius 3 is 2.26 bits per heavy atom. The van der Waals surface area contributed by atoms with Crippen LogP contribution in [0.1, 0.15) is 19.3 Å². The van der Waals surface area contributed by atoms with Crippen molar-refractivity contribution in [1.82, 2.24) is 9.80 Å². The van der Waals surface area contributed by atoms with Gasteiger partial charge in [-0.15, -0.1) is 12.4 Å². The van der Waals surface area contributed by atoms with Gasteiger partial charge >= 0.3 is 0 Å². The first-order chi connectivity index (χ1) is 12.7. The topological polar surface area (TPSA) is 53.1 Å². The first-order valence-corrected chi connectivity index (χ1v) is 9.08. The van der Waals surface area contributed by atoms with E-state index in [4.69, 9.17) is 4.74 Å². The Morgan fingerprint density at radius 1 is 0.963 bits per heavy atom. The van der Waals surface area contributed by atoms with E-state index in [-0.39, 0.29) is 30.8 Å². The zero-order chi connectivity index (χ0) is 18.4. The molecule has 1 aromatic rings. The van der Waals surface area contributed by atoms with Gasteiger partial charge in [0.15, 0.2) is 0 Å². The fraction of sp³-hybridized carbons (Fsp3) is 0.500. The maximum atomic E-state index is 11.7. The van der Waals surface area contributed by atoms with Crippen LogP contribution in [0.3, 0.4) is 0 Å². The predicted octanol–water partition coefficient (Wildman–Crippen LogP) is 1.78. The van der Waals surface area contributed by atoms with Crippen molar-refractivity contribution in [3.8, 4) is 17.6 Å². The van der Waals surface area contributed by atoms with Crippen LogP contribution < -0.4 is 9.64 Å². The summed E-state index contributed by atoms with van der Waals surface area (Å²) in [5.41, 5.74) is 1.13. The number of likely N-dealkylation sites (tertiary alicyclic amines) is 1. The van der Waals surface area contributed by atoms with Gasteiger partial charge in [0.05, 0.1) is 25.9 Å². The van der Waals surface area contributed by atoms with Gasteiger partial charge in [-0.2, -0.15) is 0 Å². The molecule has 0 aliphatic carbocycles. The van der Waals surface area contributed by atoms with Gasteiger partial charge in [-0.25, -0.2) is 0 Å². The minimum atomic E-state index is -0.0963. The number of hydrogen-bond acceptors (Lipinski definition) is 5. The number of methoxy groups -OCH3 is 1. The summed E-state index contributed by atoms with van der Waals surface area (Å²) < 4.78 is 5.44. The standard InChI is InChI=1S/C20H25N3O3.ClH/c1-26-18-8-3-2-7-17(18)22-15-13-21(14-16-22)11-4-5-12-23-19(24)9-6-10-20(23)25;/h2-3,7-8H,6,9-16H2,1H3;1H. The Balaban J connectivity index is 0.00000261. The molecule has 2 saturated heterocycles. The summed E-state index contributed by atoms with van der Waals surface area (Å²) in [5, 5.41) is 0. The molecule has 6 nitrogen and oxygen atoms in total. The van der Waals surface area contributed by atoms with E-state index in [1.165, 1.54) is 4.90 Å². The summed E-state index contributed by atoms with van der Waals surface area (Å²) in [6, 6.07) is 8.07. The molecule has 2 amide bonds. The van der Waals surface area contributed by atoms with E-state index in [0.29, 0.717) is 25.8 Å². The van der Waals surface area contributed by atoms with Gasteiger partial charge in [-0.05, 0) is 18.6 Å². The van der Waals surface area contributed by atoms with Gasteiger partial charge < -0.3 is 9.64 Å². The molecule has 2 aliphatic heterocycles. The molecule has 0 bridgehead atoms. The zero-order valence-corrected chi connectivity index (χ0v) is 16.5. The van der Waals surface area contributed by atoms with Crippen molar-refractivity contribution >= 4 is 29.9 Å². The number of rotatable bonds is 4. The number of nitrogens with zero attached hydrogens (tertiary/aromatic N) is 3. The largest absolute Gasteiger partial charge is 0.495 e. The number of anilines is 1. The molecule has 2 fully saturated rings. The highest BCUT2D eigenvalue weighted by atomic mass is 35.5. The van der Waals surface area contributed by atoms with E-state index in [1.807, 2.05) is 18.2 Å². The summed E-state index contributed by atoms with van der Waals surface area (Å²) in [6.45, 7) is 4.58. The smallest absolute Gasteiger partial charge is 0.230 e. The van der Waals surface area contributed by atoms with Gasteiger partial charge in [-0.1, -0.05) is 24.0 Å². The van der Waals surface area contributed by atoms with Gasteiger partial charge in [0, 0.05) is 39.0 Å². The zero-order valence-electron chi connectivity index (χ0n) is 15.6. The van der Waals surface area contributed by atoms with Crippen LogP contribution in [0.5, 0.6) is 5.75 Å². The van der Waals surface area contributed by atoms with Crippen LogP contribution in [-0.2, 0) is 9.59 Å². The van der Waals surface area contributed by atoms with Gasteiger partial charge in [-0.3, -0.25) is 19.4 Å². The van der Waals surface area contributed by atoms with Crippen molar-refractivity contribution < 1.29 is 14.3 Å². The highest BCUT2D eigenvalue weighted by Crippen LogP contribution is 2.28. The summed E-state index contributed by atoms with van der Waals surface area (Å²) >= 11 is 0. The van der Waals surface area contributed by atoms with E-state index in [2.05, 4.69) is 27.7 Å². The fourth-order valence-electron chi connectivity index (χ4n) is 3.32. The first kappa shape index (κ1) is 21.1. The SMILES string of the molecule is COc1ccccc1N1CCN(CC#CCN2C(=O)CCCC2=O)CC1.Cl. The number of piperazine rings is 1. The predicted molar refractivity (Wildman–Crippen MR) is 107 cm³/mol. The minimum absolute atomic E-state index is 0. The summed E-state index contributed by atoms with van der Waals surface area (Å²) in [5.74, 6) is 6.80. The van der Waals surface area contributed by atoms with Crippen LogP contribution in [0.4, 0.5) is 5.69 Å². The molecule has 0 spiro atoms. The van der Waals surface area contributed by atoms with Crippen molar-refractivity contribution in [3.63, 3.8) is 0 Å². The molecule has 0 N–H and O–H groups in total. The fourth-order valence-corrected chi connectivity index (χ4v) is 3.32. The van der Waals surface area contributed by atoms with Gasteiger partial charge in [0.25, 0.3) is 0 Å². The van der Waals surface area contributed by atoms with Crippen LogP contribution in [0, 0.1) is 11.8 Å². The lowest BCUT2D eigenvalue weighted by molar-refractivity contribution is -0.147. The number of hydrogen-bond donors (Lipinski definition) is 0. The molecule has 0 unspecified atom stereocenters. The van der Waals surface area contributed by atoms with Crippen molar-refractivity contribution in [2.75, 3.05) is 51.3 Å². The molecule has 7 heteroatoms. The number of halogens is 1. The molecular formula is C20H26ClN3O3. The Hall–Kier alpha value is -2.23. The third-order valence-corrected chi connectivity index (χ3v) is 4.85. The first-order valence-electron chi connectivity index (χ1n) is 9.08. The third kappa shape index (κ3) is 5.38. The number of amides is 2. The van der Waals surface area contributed by atoms with E-state index >= 15 is 0 Å². The molecular weight excluding hydrogens is 366 g/mol. The van der Waals surface area contributed by atoms with E-state index in [1.54, 1.807) is 7.11 Å². The molecule has 1 aromatic carbocycles. The second-order valence-corrected chi connectivity index (χ2v) is 6.52. The Kier molecular flexibility index (Phi) is 7.96. The molecule has 0 saturated carbocycles. The molecule has 0 atom stereocenters. The molecule has 3 rings (SSSR count). The van der Waals surface area contributed by atoms with Crippen LogP contribution in [0.25, 0.3) is 0 Å². The lowest BCUT2D eigenvalue weighted by atomic mass is 10.1. The molecule has 146 valence electrons. The maximum Gasteiger partial charge on any atom is 0.230 e. The number of carbonyl (C=O) groups is 2. The number of para-hydroxylation sites is 2. The normalized spacial score (nSPS) is 17.8. The lowest BCUT2D eigenvalue weighted by Crippen LogP contribution is -2.46. The van der Waals surface area contributed by atoms with E-state index in [9.17, 15) is 9.59 Å². The number of carbonyl (C=O) groups excluding carboxylic acids is 2. The molecule has 2 aliphatic rings. The monoisotopic (exact) mass is 391 g/mol. The average Bonchev–Trinajstić information content (AvgIpc) is 2.67. The van der Waals surface area contributed by atoms with Crippen LogP contribution in [0.15, 0.2) is 24.3 Å². The second kappa shape index (κ2) is 10.2. The lowest BCUT2D eigenvalue weighted by Gasteiger charge is -2.35. The number of benzene rings is 1. The average molecular weight is 392 g/mol. The van der Waals surface area contributed by atoms with Crippen LogP contribution in [-0.4, -0.2) is 68.0 Å². The summed E-state index contributed by atoms with van der Waals surface area (Å²) in [7, 11) is 1.70. The molecule has 0 aromatic heterocycles. The number of piperidine rings is 1. The van der Waals surface area contributed by atoms with E-state index in [0.717, 1.165) is 37.6 Å². The van der Waals surface area contributed by atoms with Crippen molar-refractivity contribution in [1.29, 1.82) is 0 Å². The van der Waals surface area contributed by atoms with Gasteiger partial charge in [0.2, 0.25) is 11.8 Å². The van der Waals surface area contributed by atoms with E-state index < -0.39 is 0 Å². The highest BCUT2D eigenvalue weighted by molar-refractivity contribution is 5.97. The minimum Gasteiger partial charge on any atom is -0.495 e. The third-order valence-electron chi connectivity index (χ3n) is 4.85. The van der Waals surface area contributed by atoms with Crippen LogP contribution >= 0.6 is 12.4 Å². The van der Waals surface area contributed by atoms with Crippen LogP contribution in [0.2, 0.25) is 0 Å². The Bertz CT molecular complexity index is 705. The highest BCUT2D eigenvalue weighted by Gasteiger charge is 2.24. The molecule has 2 heterocycles. The molecule has 27 heavy (non-hydrogen) atoms. The quantitative estimate of drug-likeness (QED) is 0.578. The maximum absolute atomic E-state index is 11.7. The Morgan fingerprint density at radius 2 is 1.59 bits per heavy atom. The second-order valence-electron chi connectivity index (χ2n) is 6.52. The summed E-state index contributed by atoms with van der Waals surface area (Å²) in [4.78, 5) is 29.4. The Labute approximate surface area is 166 Å². The van der Waals surface area contributed by atoms with Crippen molar-refractivity contribution in [3.05, 3.63) is 24.3 Å². The molecule has 0 radical (unpaired) electrons. The number of imide groups is 1. The van der Waals surface area contributed by atoms with Crippen molar-refractivity contribution in [2.45, 2.75) is 19.3 Å². The van der Waals surface area contributed by atoms with Gasteiger partial charge in [0.1, 0.15) is 5.75 Å². The number of ether oxygens (including phenoxy) is 1.